The molecular formula is C138H258N4O7. The highest BCUT2D eigenvalue weighted by atomic mass is 16.2. The lowest BCUT2D eigenvalue weighted by atomic mass is 10.1. The predicted molar refractivity (Wildman–Crippen MR) is 681 cm³/mol. The van der Waals surface area contributed by atoms with Crippen LogP contribution < -0.4 is 21.3 Å². The van der Waals surface area contributed by atoms with Crippen LogP contribution in [0.5, 0.6) is 0 Å². The molecule has 0 fully saturated rings. The van der Waals surface area contributed by atoms with Gasteiger partial charge in [0.05, 0.1) is 0 Å². The molecule has 0 saturated heterocycles. The number of amides is 4. The fourth-order valence-corrected chi connectivity index (χ4v) is 12.0. The molecule has 0 unspecified atom stereocenters. The molecule has 0 radical (unpaired) electrons. The molecule has 0 aliphatic heterocycles. The first kappa shape index (κ1) is 177. The molecule has 11 heteroatoms. The SMILES string of the molecule is C#CCC=C.C#CCCC=C.C#CCCCCCC=C.C=CCCCC.C=CCCCC.C=CCCCCC(=O)CCC.C=CCCCCCCC.C=CCCCCCCC.C=CCCCCCCNC(=O)CCC.C=CCCCCCCNC(C)=O.C=Cc1ccccc1.CCC(C)C.CCCCCCC(=O)CCC.CCCCCCC(C)=O.CCCCCCCCC.CCCCCCCCNC(C)=O.CCCCNC(C)=O. The molecule has 0 aliphatic carbocycles. The van der Waals surface area contributed by atoms with Crippen molar-refractivity contribution >= 4 is 47.1 Å². The third-order valence-electron chi connectivity index (χ3n) is 21.6. The second-order valence-corrected chi connectivity index (χ2v) is 37.9. The lowest BCUT2D eigenvalue weighted by molar-refractivity contribution is -0.121. The summed E-state index contributed by atoms with van der Waals surface area (Å²) in [5.41, 5.74) is 1.17. The molecule has 0 aromatic heterocycles. The van der Waals surface area contributed by atoms with E-state index in [0.717, 1.165) is 186 Å². The summed E-state index contributed by atoms with van der Waals surface area (Å²) in [4.78, 5) is 74.6. The van der Waals surface area contributed by atoms with Crippen molar-refractivity contribution in [3.8, 4) is 37.0 Å². The van der Waals surface area contributed by atoms with Crippen LogP contribution in [0.3, 0.4) is 0 Å². The van der Waals surface area contributed by atoms with E-state index >= 15 is 0 Å². The zero-order valence-electron chi connectivity index (χ0n) is 103. The molecule has 1 rings (SSSR count). The number of rotatable bonds is 79. The van der Waals surface area contributed by atoms with Gasteiger partial charge < -0.3 is 26.1 Å². The highest BCUT2D eigenvalue weighted by Gasteiger charge is 2.02. The first-order valence-corrected chi connectivity index (χ1v) is 60.6. The van der Waals surface area contributed by atoms with Crippen molar-refractivity contribution in [1.82, 2.24) is 21.3 Å². The predicted octanol–water partition coefficient (Wildman–Crippen LogP) is 43.1. The van der Waals surface area contributed by atoms with Gasteiger partial charge in [-0.25, -0.2) is 0 Å². The van der Waals surface area contributed by atoms with Crippen LogP contribution >= 0.6 is 0 Å². The number of allylic oxidation sites excluding steroid dienone is 10. The fourth-order valence-electron chi connectivity index (χ4n) is 12.0. The van der Waals surface area contributed by atoms with Gasteiger partial charge in [-0.1, -0.05) is 452 Å². The normalized spacial score (nSPS) is 9.09. The van der Waals surface area contributed by atoms with E-state index in [1.54, 1.807) is 26.8 Å². The van der Waals surface area contributed by atoms with Gasteiger partial charge in [0.25, 0.3) is 0 Å². The second-order valence-electron chi connectivity index (χ2n) is 37.9. The molecule has 4 amide bonds. The van der Waals surface area contributed by atoms with Crippen LogP contribution in [0, 0.1) is 42.9 Å². The first-order chi connectivity index (χ1) is 72.0. The summed E-state index contributed by atoms with van der Waals surface area (Å²) in [5, 5.41) is 11.2. The van der Waals surface area contributed by atoms with Gasteiger partial charge in [0.2, 0.25) is 23.6 Å². The van der Waals surface area contributed by atoms with Crippen LogP contribution in [-0.4, -0.2) is 67.2 Å². The minimum absolute atomic E-state index is 0.0680. The van der Waals surface area contributed by atoms with E-state index in [1.165, 1.54) is 308 Å². The Bertz CT molecular complexity index is 2880. The molecule has 0 heterocycles. The second kappa shape index (κ2) is 194. The average molecular weight is 2090 g/mol. The number of benzene rings is 1. The number of carbonyl (C=O) groups excluding carboxylic acids is 7. The maximum Gasteiger partial charge on any atom is 0.219 e. The van der Waals surface area contributed by atoms with Gasteiger partial charge in [0.1, 0.15) is 17.3 Å². The number of hydrogen-bond donors (Lipinski definition) is 4. The highest BCUT2D eigenvalue weighted by molar-refractivity contribution is 5.79. The summed E-state index contributed by atoms with van der Waals surface area (Å²) in [7, 11) is 0. The van der Waals surface area contributed by atoms with Crippen molar-refractivity contribution in [1.29, 1.82) is 0 Å². The van der Waals surface area contributed by atoms with Crippen LogP contribution in [-0.2, 0) is 33.6 Å². The summed E-state index contributed by atoms with van der Waals surface area (Å²) in [6.45, 7) is 84.2. The molecule has 0 atom stereocenters. The Morgan fingerprint density at radius 1 is 0.255 bits per heavy atom. The van der Waals surface area contributed by atoms with Crippen LogP contribution in [0.25, 0.3) is 6.08 Å². The highest BCUT2D eigenvalue weighted by Crippen LogP contribution is 2.12. The van der Waals surface area contributed by atoms with Gasteiger partial charge in [-0.15, -0.1) is 103 Å². The van der Waals surface area contributed by atoms with E-state index in [0.29, 0.717) is 30.2 Å². The molecule has 0 spiro atoms. The molecule has 0 saturated carbocycles. The minimum Gasteiger partial charge on any atom is -0.356 e. The lowest BCUT2D eigenvalue weighted by Crippen LogP contribution is -2.23. The first-order valence-electron chi connectivity index (χ1n) is 60.6. The van der Waals surface area contributed by atoms with Crippen molar-refractivity contribution in [2.24, 2.45) is 5.92 Å². The smallest absolute Gasteiger partial charge is 0.219 e. The summed E-state index contributed by atoms with van der Waals surface area (Å²) in [6.07, 6.45) is 121. The van der Waals surface area contributed by atoms with Crippen molar-refractivity contribution < 1.29 is 33.6 Å². The summed E-state index contributed by atoms with van der Waals surface area (Å²) < 4.78 is 0. The maximum absolute atomic E-state index is 11.1. The molecule has 1 aromatic carbocycles. The Hall–Kier alpha value is -8.07. The summed E-state index contributed by atoms with van der Waals surface area (Å²) in [5.74, 6) is 10.0. The molecule has 4 N–H and O–H groups in total. The van der Waals surface area contributed by atoms with Gasteiger partial charge in [-0.2, -0.15) is 0 Å². The van der Waals surface area contributed by atoms with Gasteiger partial charge in [0, 0.05) is 105 Å². The largest absolute Gasteiger partial charge is 0.356 e. The third-order valence-corrected chi connectivity index (χ3v) is 21.6. The van der Waals surface area contributed by atoms with Crippen molar-refractivity contribution in [2.45, 2.75) is 601 Å². The number of ketones is 3. The zero-order valence-corrected chi connectivity index (χ0v) is 103. The van der Waals surface area contributed by atoms with E-state index in [-0.39, 0.29) is 23.6 Å². The number of terminal acetylenes is 3. The third kappa shape index (κ3) is 278. The van der Waals surface area contributed by atoms with Crippen molar-refractivity contribution in [3.05, 3.63) is 169 Å². The van der Waals surface area contributed by atoms with E-state index in [4.69, 9.17) is 19.3 Å². The van der Waals surface area contributed by atoms with E-state index in [2.05, 4.69) is 208 Å². The van der Waals surface area contributed by atoms with E-state index in [1.807, 2.05) is 105 Å². The van der Waals surface area contributed by atoms with Gasteiger partial charge in [-0.3, -0.25) is 28.8 Å². The number of Topliss-reactive ketones (excluding diaryl/α,β-unsaturated/α-hetero) is 3. The number of nitrogens with one attached hydrogen (secondary N) is 4. The molecule has 872 valence electrons. The molecule has 11 nitrogen and oxygen atoms in total. The van der Waals surface area contributed by atoms with E-state index in [9.17, 15) is 33.6 Å². The molecule has 149 heavy (non-hydrogen) atoms. The number of hydrogen-bond acceptors (Lipinski definition) is 7. The van der Waals surface area contributed by atoms with Gasteiger partial charge in [0.15, 0.2) is 0 Å². The molecule has 0 aliphatic rings. The quantitative estimate of drug-likeness (QED) is 0.0286. The van der Waals surface area contributed by atoms with Crippen LogP contribution in [0.4, 0.5) is 0 Å². The minimum atomic E-state index is 0.0680. The van der Waals surface area contributed by atoms with Crippen molar-refractivity contribution in [3.63, 3.8) is 0 Å². The maximum atomic E-state index is 11.1. The lowest BCUT2D eigenvalue weighted by Gasteiger charge is -2.03. The monoisotopic (exact) mass is 2080 g/mol. The summed E-state index contributed by atoms with van der Waals surface area (Å²) >= 11 is 0. The Morgan fingerprint density at radius 2 is 0.497 bits per heavy atom. The standard InChI is InChI=1S/C12H23NO.C10H21NO.C10H19NO.C10H20O.C10H18O.C9H20.2C9H18.C9H14.C8H16O.C8H8.C6H13NO.2C6H12.C6H8.C5H12.C5H6/c1-3-5-6-7-8-9-11-13-12(14)10-4-2;2*1-3-4-5-6-7-8-9-11-10(2)12;2*1-3-5-6-7-9-10(11)8-4-2;4*1-3-5-7-9-8-6-4-2;1-3-4-5-6-7-8(2)9;1-2-8-6-4-3-5-7-8;1-3-4-5-7-6(2)8;3*1-3-5-6-4-2;1-4-5(2)3;1-3-5-4-2/h3H,1,4-11H2,2H3,(H,13,14);3-9H2,1-2H3,(H,11,12);3H,1,4-9H2,2H3,(H,11,12);3-9H2,1-2H3;3H,1,4-9H2,2H3;3-9H2,1-2H3;2*3H,1,4-9H2,2H3;1,4H,2,5-9H2;3-7H2,1-2H3;2-7H,1H2;3-5H2,1-2H3,(H,7,8);2*3H,1,4-6H2,2H3;1,4H,2,5-6H2;5H,4H2,1-3H3;1,4H,2,5H2. The average Bonchev–Trinajstić information content (AvgIpc) is 0.980. The van der Waals surface area contributed by atoms with Gasteiger partial charge >= 0.3 is 0 Å². The Morgan fingerprint density at radius 3 is 0.718 bits per heavy atom. The Kier molecular flexibility index (Phi) is 230. The number of unbranched alkanes of at least 4 members (excludes halogenated alkanes) is 47. The molecule has 0 bridgehead atoms. The van der Waals surface area contributed by atoms with Crippen molar-refractivity contribution in [2.75, 3.05) is 26.2 Å². The molecular weight excluding hydrogens is 1830 g/mol. The topological polar surface area (TPSA) is 168 Å². The Balaban J connectivity index is -0.0000000907. The fraction of sp³-hybridized carbons (Fsp3) is 0.703. The van der Waals surface area contributed by atoms with Crippen LogP contribution in [0.1, 0.15) is 606 Å². The number of carbonyl (C=O) groups is 7. The zero-order chi connectivity index (χ0) is 116. The van der Waals surface area contributed by atoms with Crippen LogP contribution in [0.2, 0.25) is 0 Å². The van der Waals surface area contributed by atoms with Gasteiger partial charge in [-0.05, 0) is 185 Å². The van der Waals surface area contributed by atoms with Crippen LogP contribution in [0.15, 0.2) is 163 Å². The summed E-state index contributed by atoms with van der Waals surface area (Å²) in [6, 6.07) is 10.0. The molecule has 1 aromatic rings. The Labute approximate surface area is 934 Å². The van der Waals surface area contributed by atoms with E-state index < -0.39 is 0 Å².